The Hall–Kier alpha value is -0.640. The molecule has 1 heterocycles. The number of thiol groups is 1. The summed E-state index contributed by atoms with van der Waals surface area (Å²) in [4.78, 5) is 45.1. The Labute approximate surface area is 212 Å². The SMILES string of the molecule is CC(=O)OC[C@H]1O[C@H](S)[C@H](OC(C)=O)[C@@H](OC(C)=O)[C@@H]1OC(C)=O.CCP(CC)CC.[Au+3]. The Balaban J connectivity index is 0. The van der Waals surface area contributed by atoms with Gasteiger partial charge in [0, 0.05) is 27.7 Å². The van der Waals surface area contributed by atoms with Crippen LogP contribution < -0.4 is 0 Å². The van der Waals surface area contributed by atoms with Crippen LogP contribution in [-0.2, 0) is 65.2 Å². The van der Waals surface area contributed by atoms with E-state index in [0.29, 0.717) is 7.92 Å². The van der Waals surface area contributed by atoms with Crippen molar-refractivity contribution in [1.29, 1.82) is 0 Å². The number of rotatable bonds is 8. The van der Waals surface area contributed by atoms with E-state index in [1.54, 1.807) is 0 Å². The van der Waals surface area contributed by atoms with Crippen molar-refractivity contribution in [1.82, 2.24) is 0 Å². The molecule has 0 bridgehead atoms. The maximum atomic E-state index is 11.4. The molecule has 0 aromatic rings. The van der Waals surface area contributed by atoms with E-state index in [0.717, 1.165) is 20.8 Å². The van der Waals surface area contributed by atoms with Gasteiger partial charge in [-0.1, -0.05) is 20.8 Å². The predicted molar refractivity (Wildman–Crippen MR) is 119 cm³/mol. The van der Waals surface area contributed by atoms with Gasteiger partial charge in [0.05, 0.1) is 0 Å². The zero-order chi connectivity index (χ0) is 24.1. The van der Waals surface area contributed by atoms with Gasteiger partial charge in [0.2, 0.25) is 0 Å². The maximum Gasteiger partial charge on any atom is 3.00 e. The van der Waals surface area contributed by atoms with Crippen molar-refractivity contribution in [2.45, 2.75) is 78.3 Å². The summed E-state index contributed by atoms with van der Waals surface area (Å²) < 4.78 is 25.8. The van der Waals surface area contributed by atoms with E-state index in [1.165, 1.54) is 25.4 Å². The number of esters is 4. The molecule has 188 valence electrons. The fourth-order valence-electron chi connectivity index (χ4n) is 2.88. The number of carbonyl (C=O) groups excluding carboxylic acids is 4. The second kappa shape index (κ2) is 17.8. The monoisotopic (exact) mass is 679 g/mol. The molecule has 0 aliphatic carbocycles. The Kier molecular flexibility index (Phi) is 18.6. The van der Waals surface area contributed by atoms with Crippen molar-refractivity contribution >= 4 is 44.4 Å². The first-order valence-electron chi connectivity index (χ1n) is 10.2. The van der Waals surface area contributed by atoms with E-state index < -0.39 is 53.7 Å². The van der Waals surface area contributed by atoms with Gasteiger partial charge in [0.15, 0.2) is 18.3 Å². The van der Waals surface area contributed by atoms with Crippen LogP contribution in [0.15, 0.2) is 0 Å². The molecule has 0 radical (unpaired) electrons. The quantitative estimate of drug-likeness (QED) is 0.136. The topological polar surface area (TPSA) is 114 Å². The molecule has 0 aromatic heterocycles. The van der Waals surface area contributed by atoms with Crippen LogP contribution in [0.3, 0.4) is 0 Å². The first-order valence-corrected chi connectivity index (χ1v) is 12.6. The first kappa shape index (κ1) is 33.5. The van der Waals surface area contributed by atoms with Crippen LogP contribution in [0, 0.1) is 0 Å². The largest absolute Gasteiger partial charge is 3.00 e. The Morgan fingerprint density at radius 3 is 1.50 bits per heavy atom. The average molecular weight is 679 g/mol. The number of hydrogen-bond donors (Lipinski definition) is 1. The van der Waals surface area contributed by atoms with Gasteiger partial charge in [-0.15, -0.1) is 20.6 Å². The molecule has 9 nitrogen and oxygen atoms in total. The molecule has 0 saturated carbocycles. The van der Waals surface area contributed by atoms with Gasteiger partial charge in [-0.05, 0) is 18.5 Å². The Morgan fingerprint density at radius 1 is 0.750 bits per heavy atom. The molecule has 0 aromatic carbocycles. The van der Waals surface area contributed by atoms with Gasteiger partial charge in [-0.25, -0.2) is 0 Å². The van der Waals surface area contributed by atoms with Gasteiger partial charge in [-0.3, -0.25) is 19.2 Å². The second-order valence-electron chi connectivity index (χ2n) is 6.71. The van der Waals surface area contributed by atoms with Crippen LogP contribution in [0.1, 0.15) is 48.5 Å². The van der Waals surface area contributed by atoms with E-state index in [1.807, 2.05) is 0 Å². The zero-order valence-corrected chi connectivity index (χ0v) is 23.5. The second-order valence-corrected chi connectivity index (χ2v) is 10.5. The molecule has 32 heavy (non-hydrogen) atoms. The summed E-state index contributed by atoms with van der Waals surface area (Å²) in [6.07, 6.45) is -0.0952. The average Bonchev–Trinajstić information content (AvgIpc) is 2.66. The Bertz CT molecular complexity index is 598. The molecule has 12 heteroatoms. The number of hydrogen-bond acceptors (Lipinski definition) is 10. The summed E-state index contributed by atoms with van der Waals surface area (Å²) in [7, 11) is 0.446. The van der Waals surface area contributed by atoms with Gasteiger partial charge in [-0.2, -0.15) is 0 Å². The minimum absolute atomic E-state index is 0. The van der Waals surface area contributed by atoms with Crippen molar-refractivity contribution in [3.05, 3.63) is 0 Å². The third-order valence-electron chi connectivity index (χ3n) is 4.31. The van der Waals surface area contributed by atoms with E-state index in [4.69, 9.17) is 23.7 Å². The van der Waals surface area contributed by atoms with E-state index in [-0.39, 0.29) is 29.0 Å². The fraction of sp³-hybridized carbons (Fsp3) is 0.800. The molecule has 0 spiro atoms. The van der Waals surface area contributed by atoms with E-state index in [9.17, 15) is 19.2 Å². The van der Waals surface area contributed by atoms with Crippen molar-refractivity contribution in [2.24, 2.45) is 0 Å². The molecular formula is C20H35AuO9PS+3. The van der Waals surface area contributed by atoms with Crippen molar-refractivity contribution < 1.29 is 65.2 Å². The van der Waals surface area contributed by atoms with Crippen LogP contribution in [0.5, 0.6) is 0 Å². The molecule has 5 atom stereocenters. The van der Waals surface area contributed by atoms with Crippen LogP contribution >= 0.6 is 20.6 Å². The molecule has 1 aliphatic heterocycles. The molecular weight excluding hydrogens is 644 g/mol. The van der Waals surface area contributed by atoms with Crippen molar-refractivity contribution in [3.8, 4) is 0 Å². The van der Waals surface area contributed by atoms with E-state index in [2.05, 4.69) is 33.4 Å². The van der Waals surface area contributed by atoms with Crippen molar-refractivity contribution in [2.75, 3.05) is 25.1 Å². The summed E-state index contributed by atoms with van der Waals surface area (Å²) in [6.45, 7) is 11.3. The Morgan fingerprint density at radius 2 is 1.16 bits per heavy atom. The molecule has 0 N–H and O–H groups in total. The van der Waals surface area contributed by atoms with E-state index >= 15 is 0 Å². The number of carbonyl (C=O) groups is 4. The summed E-state index contributed by atoms with van der Waals surface area (Å²) in [5.74, 6) is -2.57. The summed E-state index contributed by atoms with van der Waals surface area (Å²) in [5, 5.41) is 0. The standard InChI is InChI=1S/C14H20O9S.C6H15P.Au/c1-6(15)19-5-10-11(20-7(2)16)12(21-8(3)17)13(14(24)23-10)22-9(4)18;1-4-7(5-2)6-3;/h10-14,24H,5H2,1-4H3;4-6H2,1-3H3;/q;;+3/t10-,11-,12+,13-,14-;;/m1../s1. The maximum absolute atomic E-state index is 11.4. The fourth-order valence-corrected chi connectivity index (χ4v) is 4.60. The van der Waals surface area contributed by atoms with Crippen LogP contribution in [-0.4, -0.2) is 78.8 Å². The third kappa shape index (κ3) is 13.2. The van der Waals surface area contributed by atoms with Crippen molar-refractivity contribution in [3.63, 3.8) is 0 Å². The molecule has 1 saturated heterocycles. The summed E-state index contributed by atoms with van der Waals surface area (Å²) in [6, 6.07) is 0. The third-order valence-corrected chi connectivity index (χ3v) is 7.41. The van der Waals surface area contributed by atoms with Gasteiger partial charge < -0.3 is 23.7 Å². The van der Waals surface area contributed by atoms with Crippen LogP contribution in [0.25, 0.3) is 0 Å². The molecule has 0 unspecified atom stereocenters. The minimum atomic E-state index is -1.16. The normalized spacial score (nSPS) is 24.2. The summed E-state index contributed by atoms with van der Waals surface area (Å²) in [5.41, 5.74) is -0.981. The molecule has 1 aliphatic rings. The summed E-state index contributed by atoms with van der Waals surface area (Å²) >= 11 is 4.18. The molecule has 0 amide bonds. The predicted octanol–water partition coefficient (Wildman–Crippen LogP) is 2.52. The van der Waals surface area contributed by atoms with Gasteiger partial charge in [0.1, 0.15) is 18.1 Å². The van der Waals surface area contributed by atoms with Gasteiger partial charge in [0.25, 0.3) is 0 Å². The molecule has 1 fully saturated rings. The smallest absolute Gasteiger partial charge is 0.463 e. The van der Waals surface area contributed by atoms with Crippen LogP contribution in [0.2, 0.25) is 0 Å². The minimum Gasteiger partial charge on any atom is -0.463 e. The number of ether oxygens (including phenoxy) is 5. The zero-order valence-electron chi connectivity index (χ0n) is 19.6. The van der Waals surface area contributed by atoms with Crippen LogP contribution in [0.4, 0.5) is 0 Å². The first-order chi connectivity index (χ1) is 14.5. The molecule has 1 rings (SSSR count). The van der Waals surface area contributed by atoms with Gasteiger partial charge >= 0.3 is 46.3 Å².